The van der Waals surface area contributed by atoms with Crippen LogP contribution in [0.5, 0.6) is 0 Å². The number of carbonyl (C=O) groups is 3. The van der Waals surface area contributed by atoms with E-state index in [1.54, 1.807) is 0 Å². The molecule has 0 aromatic carbocycles. The van der Waals surface area contributed by atoms with Gasteiger partial charge in [-0.05, 0) is 12.8 Å². The summed E-state index contributed by atoms with van der Waals surface area (Å²) in [6, 6.07) is -0.610. The lowest BCUT2D eigenvalue weighted by Gasteiger charge is -2.31. The Hall–Kier alpha value is -1.67. The summed E-state index contributed by atoms with van der Waals surface area (Å²) in [7, 11) is 5.56. The van der Waals surface area contributed by atoms with Crippen molar-refractivity contribution in [1.29, 1.82) is 0 Å². The maximum Gasteiger partial charge on any atom is 0.362 e. The summed E-state index contributed by atoms with van der Waals surface area (Å²) < 4.78 is 17.5. The molecule has 0 amide bonds. The highest BCUT2D eigenvalue weighted by molar-refractivity contribution is 5.72. The maximum atomic E-state index is 12.9. The fourth-order valence-electron chi connectivity index (χ4n) is 9.63. The molecule has 8 heteroatoms. The van der Waals surface area contributed by atoms with Crippen molar-refractivity contribution in [3.63, 3.8) is 0 Å². The minimum absolute atomic E-state index is 0.0408. The molecule has 0 radical (unpaired) electrons. The molecule has 2 unspecified atom stereocenters. The molecular weight excluding hydrogens is 847 g/mol. The van der Waals surface area contributed by atoms with Crippen LogP contribution in [0.15, 0.2) is 0 Å². The number of hydrogen-bond acceptors (Lipinski definition) is 6. The highest BCUT2D eigenvalue weighted by Crippen LogP contribution is 2.18. The van der Waals surface area contributed by atoms with E-state index in [2.05, 4.69) is 13.8 Å². The normalized spacial score (nSPS) is 12.7. The van der Waals surface area contributed by atoms with Crippen molar-refractivity contribution in [1.82, 2.24) is 0 Å². The zero-order valence-electron chi connectivity index (χ0n) is 46.4. The van der Waals surface area contributed by atoms with Gasteiger partial charge in [-0.1, -0.05) is 284 Å². The summed E-state index contributed by atoms with van der Waals surface area (Å²) in [6.45, 7) is 4.82. The summed E-state index contributed by atoms with van der Waals surface area (Å²) >= 11 is 0. The predicted molar refractivity (Wildman–Crippen MR) is 289 cm³/mol. The molecule has 0 saturated carbocycles. The molecule has 68 heavy (non-hydrogen) atoms. The molecule has 0 aliphatic heterocycles. The zero-order valence-corrected chi connectivity index (χ0v) is 46.4. The molecule has 0 heterocycles. The molecule has 0 aliphatic carbocycles. The number of unbranched alkanes of at least 4 members (excludes halogenated alkanes) is 42. The number of carbonyl (C=O) groups excluding carboxylic acids is 2. The van der Waals surface area contributed by atoms with Crippen molar-refractivity contribution in [2.45, 2.75) is 328 Å². The van der Waals surface area contributed by atoms with Gasteiger partial charge in [-0.15, -0.1) is 0 Å². The standard InChI is InChI=1S/C60H117NO7/c1-6-8-10-12-14-16-18-20-22-24-26-28-29-30-31-33-35-37-39-41-43-45-47-49-51-59(63)68-56(54-66-53-52-57(60(64)65)61(3,4)5)55-67-58(62)50-48-46-44-42-40-38-36-34-32-27-25-23-21-19-17-15-13-11-9-7-2/h56-57H,6-55H2,1-5H3/p+1. The summed E-state index contributed by atoms with van der Waals surface area (Å²) in [5, 5.41) is 9.68. The van der Waals surface area contributed by atoms with Gasteiger partial charge in [0.1, 0.15) is 6.61 Å². The fourth-order valence-corrected chi connectivity index (χ4v) is 9.63. The lowest BCUT2D eigenvalue weighted by atomic mass is 10.0. The van der Waals surface area contributed by atoms with Crippen molar-refractivity contribution in [2.24, 2.45) is 0 Å². The van der Waals surface area contributed by atoms with Crippen LogP contribution in [0, 0.1) is 0 Å². The van der Waals surface area contributed by atoms with Gasteiger partial charge in [0.2, 0.25) is 0 Å². The molecule has 1 N–H and O–H groups in total. The topological polar surface area (TPSA) is 99.1 Å². The molecule has 2 atom stereocenters. The number of rotatable bonds is 56. The summed E-state index contributed by atoms with van der Waals surface area (Å²) in [5.41, 5.74) is 0. The summed E-state index contributed by atoms with van der Waals surface area (Å²) in [6.07, 6.45) is 58.9. The first kappa shape index (κ1) is 66.3. The van der Waals surface area contributed by atoms with Crippen molar-refractivity contribution >= 4 is 17.9 Å². The van der Waals surface area contributed by atoms with Gasteiger partial charge in [0.25, 0.3) is 0 Å². The van der Waals surface area contributed by atoms with Crippen LogP contribution < -0.4 is 0 Å². The van der Waals surface area contributed by atoms with Gasteiger partial charge in [0.15, 0.2) is 12.1 Å². The van der Waals surface area contributed by atoms with Crippen LogP contribution in [0.3, 0.4) is 0 Å². The Morgan fingerprint density at radius 3 is 0.912 bits per heavy atom. The molecule has 0 aromatic heterocycles. The van der Waals surface area contributed by atoms with Crippen molar-refractivity contribution in [3.8, 4) is 0 Å². The molecule has 0 fully saturated rings. The Bertz CT molecular complexity index is 1080. The molecule has 0 rings (SSSR count). The maximum absolute atomic E-state index is 12.9. The number of quaternary nitrogens is 1. The number of ether oxygens (including phenoxy) is 3. The van der Waals surface area contributed by atoms with E-state index in [0.29, 0.717) is 19.3 Å². The summed E-state index contributed by atoms with van der Waals surface area (Å²) in [5.74, 6) is -1.43. The third-order valence-corrected chi connectivity index (χ3v) is 14.3. The number of nitrogens with zero attached hydrogens (tertiary/aromatic N) is 1. The number of aliphatic carboxylic acids is 1. The first-order valence-corrected chi connectivity index (χ1v) is 30.1. The van der Waals surface area contributed by atoms with E-state index >= 15 is 0 Å². The third kappa shape index (κ3) is 49.3. The van der Waals surface area contributed by atoms with Gasteiger partial charge in [-0.3, -0.25) is 9.59 Å². The lowest BCUT2D eigenvalue weighted by molar-refractivity contribution is -0.887. The Kier molecular flexibility index (Phi) is 50.4. The largest absolute Gasteiger partial charge is 0.477 e. The van der Waals surface area contributed by atoms with Crippen LogP contribution in [0.2, 0.25) is 0 Å². The van der Waals surface area contributed by atoms with Crippen LogP contribution in [-0.4, -0.2) is 80.6 Å². The second-order valence-corrected chi connectivity index (χ2v) is 22.0. The molecule has 0 aromatic rings. The zero-order chi connectivity index (χ0) is 49.9. The van der Waals surface area contributed by atoms with Crippen LogP contribution >= 0.6 is 0 Å². The van der Waals surface area contributed by atoms with E-state index in [-0.39, 0.29) is 36.2 Å². The number of likely N-dealkylation sites (N-methyl/N-ethyl adjacent to an activating group) is 1. The van der Waals surface area contributed by atoms with Gasteiger partial charge in [0.05, 0.1) is 34.4 Å². The van der Waals surface area contributed by atoms with E-state index < -0.39 is 18.1 Å². The average molecular weight is 966 g/mol. The Labute approximate surface area is 423 Å². The van der Waals surface area contributed by atoms with Crippen molar-refractivity contribution in [3.05, 3.63) is 0 Å². The second kappa shape index (κ2) is 51.7. The molecule has 8 nitrogen and oxygen atoms in total. The number of esters is 2. The summed E-state index contributed by atoms with van der Waals surface area (Å²) in [4.78, 5) is 37.3. The highest BCUT2D eigenvalue weighted by Gasteiger charge is 2.31. The second-order valence-electron chi connectivity index (χ2n) is 22.0. The van der Waals surface area contributed by atoms with Crippen LogP contribution in [0.25, 0.3) is 0 Å². The average Bonchev–Trinajstić information content (AvgIpc) is 3.30. The van der Waals surface area contributed by atoms with E-state index in [9.17, 15) is 19.5 Å². The highest BCUT2D eigenvalue weighted by atomic mass is 16.6. The molecule has 0 spiro atoms. The van der Waals surface area contributed by atoms with Crippen LogP contribution in [-0.2, 0) is 28.6 Å². The Morgan fingerprint density at radius 1 is 0.382 bits per heavy atom. The Morgan fingerprint density at radius 2 is 0.647 bits per heavy atom. The quantitative estimate of drug-likeness (QED) is 0.0368. The third-order valence-electron chi connectivity index (χ3n) is 14.3. The first-order chi connectivity index (χ1) is 33.1. The van der Waals surface area contributed by atoms with Crippen molar-refractivity contribution in [2.75, 3.05) is 41.0 Å². The van der Waals surface area contributed by atoms with E-state index in [1.165, 1.54) is 244 Å². The predicted octanol–water partition coefficient (Wildman–Crippen LogP) is 18.0. The SMILES string of the molecule is CCCCCCCCCCCCCCCCCCCCCCCCCCC(=O)OC(COCCC(C(=O)O)[N+](C)(C)C)COC(=O)CCCCCCCCCCCCCCCCCCCCCC. The van der Waals surface area contributed by atoms with Gasteiger partial charge < -0.3 is 23.8 Å². The molecule has 0 aliphatic rings. The van der Waals surface area contributed by atoms with Crippen molar-refractivity contribution < 1.29 is 38.2 Å². The molecule has 0 bridgehead atoms. The smallest absolute Gasteiger partial charge is 0.362 e. The van der Waals surface area contributed by atoms with Gasteiger partial charge in [-0.2, -0.15) is 0 Å². The first-order valence-electron chi connectivity index (χ1n) is 30.1. The minimum Gasteiger partial charge on any atom is -0.477 e. The number of carboxylic acids is 1. The molecule has 0 saturated heterocycles. The Balaban J connectivity index is 4.07. The molecule has 404 valence electrons. The van der Waals surface area contributed by atoms with E-state index in [1.807, 2.05) is 21.1 Å². The van der Waals surface area contributed by atoms with Gasteiger partial charge in [0, 0.05) is 19.3 Å². The number of carboxylic acid groups (broad SMARTS) is 1. The van der Waals surface area contributed by atoms with Crippen LogP contribution in [0.1, 0.15) is 316 Å². The minimum atomic E-state index is -0.867. The van der Waals surface area contributed by atoms with E-state index in [4.69, 9.17) is 14.2 Å². The van der Waals surface area contributed by atoms with E-state index in [0.717, 1.165) is 38.5 Å². The number of hydrogen-bond donors (Lipinski definition) is 1. The van der Waals surface area contributed by atoms with Gasteiger partial charge in [-0.25, -0.2) is 4.79 Å². The van der Waals surface area contributed by atoms with Gasteiger partial charge >= 0.3 is 17.9 Å². The fraction of sp³-hybridized carbons (Fsp3) is 0.950. The molecular formula is C60H118NO7+. The monoisotopic (exact) mass is 965 g/mol. The van der Waals surface area contributed by atoms with Crippen LogP contribution in [0.4, 0.5) is 0 Å². The lowest BCUT2D eigenvalue weighted by Crippen LogP contribution is -2.50.